The van der Waals surface area contributed by atoms with Gasteiger partial charge in [0.05, 0.1) is 26.2 Å². The summed E-state index contributed by atoms with van der Waals surface area (Å²) < 4.78 is 1.24. The Bertz CT molecular complexity index is 119. The second-order valence-corrected chi connectivity index (χ2v) is 4.69. The van der Waals surface area contributed by atoms with E-state index in [-0.39, 0.29) is 0 Å². The van der Waals surface area contributed by atoms with Crippen molar-refractivity contribution in [2.24, 2.45) is 5.92 Å². The summed E-state index contributed by atoms with van der Waals surface area (Å²) in [6.45, 7) is 14.2. The van der Waals surface area contributed by atoms with Crippen molar-refractivity contribution in [1.29, 1.82) is 0 Å². The molecule has 0 saturated carbocycles. The van der Waals surface area contributed by atoms with Gasteiger partial charge in [0.2, 0.25) is 0 Å². The van der Waals surface area contributed by atoms with Crippen molar-refractivity contribution >= 4 is 11.6 Å². The Kier molecular flexibility index (Phi) is 6.79. The highest BCUT2D eigenvalue weighted by molar-refractivity contribution is 6.17. The maximum atomic E-state index is 5.75. The molecule has 0 aliphatic heterocycles. The fourth-order valence-corrected chi connectivity index (χ4v) is 2.18. The maximum Gasteiger partial charge on any atom is 0.0809 e. The normalized spacial score (nSPS) is 12.5. The SMILES string of the molecule is CC[N+](CC)(CCCCl)CC(C)C. The van der Waals surface area contributed by atoms with Crippen LogP contribution < -0.4 is 0 Å². The third-order valence-electron chi connectivity index (χ3n) is 2.86. The minimum Gasteiger partial charge on any atom is -0.324 e. The molecule has 0 heterocycles. The van der Waals surface area contributed by atoms with Crippen LogP contribution in [0.15, 0.2) is 0 Å². The average molecular weight is 207 g/mol. The molecule has 0 aromatic heterocycles. The number of quaternary nitrogens is 1. The van der Waals surface area contributed by atoms with Gasteiger partial charge >= 0.3 is 0 Å². The van der Waals surface area contributed by atoms with Crippen LogP contribution in [0, 0.1) is 5.92 Å². The van der Waals surface area contributed by atoms with E-state index in [9.17, 15) is 0 Å². The van der Waals surface area contributed by atoms with Crippen LogP contribution in [-0.2, 0) is 0 Å². The molecule has 0 bridgehead atoms. The maximum absolute atomic E-state index is 5.75. The first-order chi connectivity index (χ1) is 6.10. The van der Waals surface area contributed by atoms with E-state index in [0.717, 1.165) is 18.2 Å². The molecular formula is C11H25ClN+. The summed E-state index contributed by atoms with van der Waals surface area (Å²) >= 11 is 5.75. The highest BCUT2D eigenvalue weighted by Gasteiger charge is 2.23. The summed E-state index contributed by atoms with van der Waals surface area (Å²) in [4.78, 5) is 0. The van der Waals surface area contributed by atoms with Gasteiger partial charge < -0.3 is 4.48 Å². The smallest absolute Gasteiger partial charge is 0.0809 e. The third-order valence-corrected chi connectivity index (χ3v) is 3.13. The van der Waals surface area contributed by atoms with Crippen molar-refractivity contribution in [2.45, 2.75) is 34.1 Å². The van der Waals surface area contributed by atoms with Gasteiger partial charge in [-0.25, -0.2) is 0 Å². The number of nitrogens with zero attached hydrogens (tertiary/aromatic N) is 1. The zero-order valence-electron chi connectivity index (χ0n) is 9.65. The Labute approximate surface area is 88.7 Å². The van der Waals surface area contributed by atoms with Crippen LogP contribution in [0.2, 0.25) is 0 Å². The van der Waals surface area contributed by atoms with Gasteiger partial charge in [-0.05, 0) is 13.8 Å². The molecule has 13 heavy (non-hydrogen) atoms. The molecule has 0 aromatic rings. The molecule has 0 N–H and O–H groups in total. The first-order valence-electron chi connectivity index (χ1n) is 5.51. The summed E-state index contributed by atoms with van der Waals surface area (Å²) in [6, 6.07) is 0. The van der Waals surface area contributed by atoms with Gasteiger partial charge in [-0.2, -0.15) is 0 Å². The van der Waals surface area contributed by atoms with Gasteiger partial charge in [-0.3, -0.25) is 0 Å². The average Bonchev–Trinajstić information content (AvgIpc) is 2.12. The van der Waals surface area contributed by atoms with Gasteiger partial charge in [-0.1, -0.05) is 13.8 Å². The molecule has 0 saturated heterocycles. The molecule has 80 valence electrons. The fraction of sp³-hybridized carbons (Fsp3) is 1.00. The van der Waals surface area contributed by atoms with Crippen molar-refractivity contribution in [3.63, 3.8) is 0 Å². The van der Waals surface area contributed by atoms with Crippen molar-refractivity contribution in [2.75, 3.05) is 32.1 Å². The Balaban J connectivity index is 4.13. The second kappa shape index (κ2) is 6.67. The molecule has 0 spiro atoms. The lowest BCUT2D eigenvalue weighted by Crippen LogP contribution is -2.50. The van der Waals surface area contributed by atoms with Crippen LogP contribution in [-0.4, -0.2) is 36.5 Å². The van der Waals surface area contributed by atoms with Crippen molar-refractivity contribution in [3.8, 4) is 0 Å². The minimum atomic E-state index is 0.787. The predicted molar refractivity (Wildman–Crippen MR) is 61.3 cm³/mol. The number of hydrogen-bond acceptors (Lipinski definition) is 0. The third kappa shape index (κ3) is 4.87. The minimum absolute atomic E-state index is 0.787. The summed E-state index contributed by atoms with van der Waals surface area (Å²) in [5.41, 5.74) is 0. The van der Waals surface area contributed by atoms with E-state index in [2.05, 4.69) is 27.7 Å². The summed E-state index contributed by atoms with van der Waals surface area (Å²) in [7, 11) is 0. The number of halogens is 1. The van der Waals surface area contributed by atoms with Crippen LogP contribution in [0.5, 0.6) is 0 Å². The number of rotatable bonds is 7. The molecule has 0 unspecified atom stereocenters. The lowest BCUT2D eigenvalue weighted by atomic mass is 10.1. The monoisotopic (exact) mass is 206 g/mol. The largest absolute Gasteiger partial charge is 0.324 e. The van der Waals surface area contributed by atoms with Gasteiger partial charge in [0.25, 0.3) is 0 Å². The summed E-state index contributed by atoms with van der Waals surface area (Å²) in [5.74, 6) is 1.59. The lowest BCUT2D eigenvalue weighted by Gasteiger charge is -2.38. The van der Waals surface area contributed by atoms with E-state index < -0.39 is 0 Å². The van der Waals surface area contributed by atoms with Gasteiger partial charge in [0.1, 0.15) is 0 Å². The Morgan fingerprint density at radius 2 is 1.69 bits per heavy atom. The van der Waals surface area contributed by atoms with Crippen molar-refractivity contribution in [3.05, 3.63) is 0 Å². The molecule has 0 radical (unpaired) electrons. The van der Waals surface area contributed by atoms with Gasteiger partial charge in [-0.15, -0.1) is 11.6 Å². The topological polar surface area (TPSA) is 0 Å². The molecule has 0 rings (SSSR count). The molecule has 0 aromatic carbocycles. The van der Waals surface area contributed by atoms with E-state index >= 15 is 0 Å². The molecular weight excluding hydrogens is 182 g/mol. The van der Waals surface area contributed by atoms with E-state index in [1.807, 2.05) is 0 Å². The van der Waals surface area contributed by atoms with Crippen LogP contribution in [0.1, 0.15) is 34.1 Å². The molecule has 0 amide bonds. The molecule has 0 aliphatic carbocycles. The molecule has 0 fully saturated rings. The van der Waals surface area contributed by atoms with E-state index in [4.69, 9.17) is 11.6 Å². The van der Waals surface area contributed by atoms with Gasteiger partial charge in [0.15, 0.2) is 0 Å². The highest BCUT2D eigenvalue weighted by Crippen LogP contribution is 2.12. The quantitative estimate of drug-likeness (QED) is 0.444. The highest BCUT2D eigenvalue weighted by atomic mass is 35.5. The van der Waals surface area contributed by atoms with Crippen molar-refractivity contribution in [1.82, 2.24) is 0 Å². The van der Waals surface area contributed by atoms with E-state index in [0.29, 0.717) is 0 Å². The predicted octanol–water partition coefficient (Wildman–Crippen LogP) is 3.13. The Hall–Kier alpha value is 0.250. The van der Waals surface area contributed by atoms with Gasteiger partial charge in [0, 0.05) is 18.2 Å². The molecule has 2 heteroatoms. The van der Waals surface area contributed by atoms with Crippen molar-refractivity contribution < 1.29 is 4.48 Å². The fourth-order valence-electron chi connectivity index (χ4n) is 2.06. The van der Waals surface area contributed by atoms with E-state index in [1.165, 1.54) is 30.7 Å². The molecule has 0 atom stereocenters. The lowest BCUT2D eigenvalue weighted by molar-refractivity contribution is -0.927. The number of hydrogen-bond donors (Lipinski definition) is 0. The van der Waals surface area contributed by atoms with Crippen LogP contribution >= 0.6 is 11.6 Å². The Morgan fingerprint density at radius 3 is 2.00 bits per heavy atom. The summed E-state index contributed by atoms with van der Waals surface area (Å²) in [5, 5.41) is 0. The standard InChI is InChI=1S/C11H25ClN/c1-5-13(6-2,9-7-8-12)10-11(3)4/h11H,5-10H2,1-4H3/q+1. The first kappa shape index (κ1) is 13.2. The molecule has 1 nitrogen and oxygen atoms in total. The van der Waals surface area contributed by atoms with Crippen LogP contribution in [0.25, 0.3) is 0 Å². The second-order valence-electron chi connectivity index (χ2n) is 4.32. The zero-order chi connectivity index (χ0) is 10.3. The number of alkyl halides is 1. The summed E-state index contributed by atoms with van der Waals surface area (Å²) in [6.07, 6.45) is 1.15. The zero-order valence-corrected chi connectivity index (χ0v) is 10.4. The van der Waals surface area contributed by atoms with Crippen LogP contribution in [0.4, 0.5) is 0 Å². The first-order valence-corrected chi connectivity index (χ1v) is 6.04. The van der Waals surface area contributed by atoms with Crippen LogP contribution in [0.3, 0.4) is 0 Å². The Morgan fingerprint density at radius 1 is 1.15 bits per heavy atom. The van der Waals surface area contributed by atoms with E-state index in [1.54, 1.807) is 0 Å². The molecule has 0 aliphatic rings.